The summed E-state index contributed by atoms with van der Waals surface area (Å²) in [6.45, 7) is 5.71. The van der Waals surface area contributed by atoms with Gasteiger partial charge in [-0.3, -0.25) is 9.59 Å². The SMILES string of the molecule is CC(C)C(C)(CC(=O)NCc1ccsc1)C(=O)O. The van der Waals surface area contributed by atoms with Gasteiger partial charge in [0.25, 0.3) is 0 Å². The third-order valence-corrected chi connectivity index (χ3v) is 4.09. The standard InChI is InChI=1S/C13H19NO3S/c1-9(2)13(3,12(16)17)6-11(15)14-7-10-4-5-18-8-10/h4-5,8-9H,6-7H2,1-3H3,(H,14,15)(H,16,17). The van der Waals surface area contributed by atoms with Crippen LogP contribution in [0.1, 0.15) is 32.8 Å². The van der Waals surface area contributed by atoms with E-state index in [1.54, 1.807) is 18.3 Å². The maximum Gasteiger partial charge on any atom is 0.310 e. The molecule has 0 saturated carbocycles. The monoisotopic (exact) mass is 269 g/mol. The van der Waals surface area contributed by atoms with Crippen LogP contribution < -0.4 is 5.32 Å². The lowest BCUT2D eigenvalue weighted by Crippen LogP contribution is -2.39. The van der Waals surface area contributed by atoms with Gasteiger partial charge in [0.15, 0.2) is 0 Å². The Labute approximate surface area is 111 Å². The van der Waals surface area contributed by atoms with Gasteiger partial charge in [-0.25, -0.2) is 0 Å². The molecule has 0 radical (unpaired) electrons. The summed E-state index contributed by atoms with van der Waals surface area (Å²) in [6, 6.07) is 1.93. The summed E-state index contributed by atoms with van der Waals surface area (Å²) in [5.74, 6) is -1.25. The first-order valence-corrected chi connectivity index (χ1v) is 6.81. The minimum atomic E-state index is -1.02. The molecule has 1 rings (SSSR count). The number of hydrogen-bond acceptors (Lipinski definition) is 3. The lowest BCUT2D eigenvalue weighted by molar-refractivity contribution is -0.153. The number of carbonyl (C=O) groups is 2. The van der Waals surface area contributed by atoms with Gasteiger partial charge in [-0.05, 0) is 35.2 Å². The fraction of sp³-hybridized carbons (Fsp3) is 0.538. The number of hydrogen-bond donors (Lipinski definition) is 2. The van der Waals surface area contributed by atoms with Gasteiger partial charge in [0.2, 0.25) is 5.91 Å². The van der Waals surface area contributed by atoms with Gasteiger partial charge in [0.05, 0.1) is 5.41 Å². The highest BCUT2D eigenvalue weighted by Crippen LogP contribution is 2.31. The van der Waals surface area contributed by atoms with E-state index >= 15 is 0 Å². The third kappa shape index (κ3) is 3.57. The van der Waals surface area contributed by atoms with Gasteiger partial charge in [-0.15, -0.1) is 0 Å². The Morgan fingerprint density at radius 3 is 2.61 bits per heavy atom. The second kappa shape index (κ2) is 6.00. The molecule has 1 heterocycles. The highest BCUT2D eigenvalue weighted by Gasteiger charge is 2.38. The van der Waals surface area contributed by atoms with Gasteiger partial charge in [-0.1, -0.05) is 13.8 Å². The maximum atomic E-state index is 11.8. The number of thiophene rings is 1. The molecule has 1 amide bonds. The molecule has 0 aliphatic rings. The summed E-state index contributed by atoms with van der Waals surface area (Å²) >= 11 is 1.57. The molecule has 1 aromatic rings. The van der Waals surface area contributed by atoms with Crippen LogP contribution >= 0.6 is 11.3 Å². The molecule has 100 valence electrons. The van der Waals surface area contributed by atoms with Crippen molar-refractivity contribution in [2.75, 3.05) is 0 Å². The Bertz CT molecular complexity index is 414. The molecule has 2 N–H and O–H groups in total. The molecule has 0 bridgehead atoms. The Hall–Kier alpha value is -1.36. The van der Waals surface area contributed by atoms with Crippen molar-refractivity contribution in [2.45, 2.75) is 33.7 Å². The Morgan fingerprint density at radius 2 is 2.17 bits per heavy atom. The second-order valence-corrected chi connectivity index (χ2v) is 5.74. The van der Waals surface area contributed by atoms with E-state index in [1.165, 1.54) is 0 Å². The number of rotatable bonds is 6. The molecule has 0 aliphatic carbocycles. The predicted molar refractivity (Wildman–Crippen MR) is 71.4 cm³/mol. The zero-order valence-corrected chi connectivity index (χ0v) is 11.7. The molecule has 18 heavy (non-hydrogen) atoms. The van der Waals surface area contributed by atoms with Crippen molar-refractivity contribution in [3.05, 3.63) is 22.4 Å². The largest absolute Gasteiger partial charge is 0.481 e. The molecule has 1 atom stereocenters. The minimum absolute atomic E-state index is 0.00410. The number of carboxylic acids is 1. The Balaban J connectivity index is 2.55. The van der Waals surface area contributed by atoms with Crippen LogP contribution in [0.25, 0.3) is 0 Å². The van der Waals surface area contributed by atoms with E-state index in [1.807, 2.05) is 30.7 Å². The predicted octanol–water partition coefficient (Wildman–Crippen LogP) is 2.50. The van der Waals surface area contributed by atoms with E-state index in [4.69, 9.17) is 0 Å². The zero-order valence-electron chi connectivity index (χ0n) is 10.9. The number of carboxylic acid groups (broad SMARTS) is 1. The molecule has 0 saturated heterocycles. The highest BCUT2D eigenvalue weighted by atomic mass is 32.1. The third-order valence-electron chi connectivity index (χ3n) is 3.36. The van der Waals surface area contributed by atoms with E-state index < -0.39 is 11.4 Å². The summed E-state index contributed by atoms with van der Waals surface area (Å²) in [5, 5.41) is 15.9. The Kier molecular flexibility index (Phi) is 4.90. The lowest BCUT2D eigenvalue weighted by atomic mass is 9.76. The van der Waals surface area contributed by atoms with Crippen LogP contribution in [0.4, 0.5) is 0 Å². The van der Waals surface area contributed by atoms with E-state index in [9.17, 15) is 14.7 Å². The average Bonchev–Trinajstić information content (AvgIpc) is 2.78. The first-order valence-electron chi connectivity index (χ1n) is 5.87. The van der Waals surface area contributed by atoms with Crippen LogP contribution in [0.5, 0.6) is 0 Å². The number of aliphatic carboxylic acids is 1. The summed E-state index contributed by atoms with van der Waals surface area (Å²) in [4.78, 5) is 23.0. The second-order valence-electron chi connectivity index (χ2n) is 4.96. The van der Waals surface area contributed by atoms with E-state index in [-0.39, 0.29) is 18.2 Å². The van der Waals surface area contributed by atoms with Crippen LogP contribution in [-0.2, 0) is 16.1 Å². The number of nitrogens with one attached hydrogen (secondary N) is 1. The van der Waals surface area contributed by atoms with Crippen LogP contribution in [0.2, 0.25) is 0 Å². The molecular weight excluding hydrogens is 250 g/mol. The first-order chi connectivity index (χ1) is 8.36. The van der Waals surface area contributed by atoms with Crippen LogP contribution in [-0.4, -0.2) is 17.0 Å². The van der Waals surface area contributed by atoms with Crippen molar-refractivity contribution in [2.24, 2.45) is 11.3 Å². The van der Waals surface area contributed by atoms with Crippen molar-refractivity contribution < 1.29 is 14.7 Å². The maximum absolute atomic E-state index is 11.8. The fourth-order valence-electron chi connectivity index (χ4n) is 1.52. The van der Waals surface area contributed by atoms with E-state index in [0.29, 0.717) is 6.54 Å². The summed E-state index contributed by atoms with van der Waals surface area (Å²) in [7, 11) is 0. The van der Waals surface area contributed by atoms with E-state index in [0.717, 1.165) is 5.56 Å². The van der Waals surface area contributed by atoms with Crippen molar-refractivity contribution in [3.63, 3.8) is 0 Å². The van der Waals surface area contributed by atoms with E-state index in [2.05, 4.69) is 5.32 Å². The topological polar surface area (TPSA) is 66.4 Å². The van der Waals surface area contributed by atoms with Gasteiger partial charge < -0.3 is 10.4 Å². The first kappa shape index (κ1) is 14.7. The molecule has 0 fully saturated rings. The van der Waals surface area contributed by atoms with Gasteiger partial charge in [0, 0.05) is 13.0 Å². The number of amides is 1. The van der Waals surface area contributed by atoms with Crippen molar-refractivity contribution >= 4 is 23.2 Å². The van der Waals surface area contributed by atoms with Crippen molar-refractivity contribution in [1.82, 2.24) is 5.32 Å². The normalized spacial score (nSPS) is 14.2. The van der Waals surface area contributed by atoms with Crippen molar-refractivity contribution in [3.8, 4) is 0 Å². The van der Waals surface area contributed by atoms with Crippen LogP contribution in [0.15, 0.2) is 16.8 Å². The molecule has 0 aliphatic heterocycles. The lowest BCUT2D eigenvalue weighted by Gasteiger charge is -2.28. The van der Waals surface area contributed by atoms with Crippen LogP contribution in [0.3, 0.4) is 0 Å². The zero-order chi connectivity index (χ0) is 13.8. The van der Waals surface area contributed by atoms with Gasteiger partial charge in [0.1, 0.15) is 0 Å². The van der Waals surface area contributed by atoms with Crippen molar-refractivity contribution in [1.29, 1.82) is 0 Å². The highest BCUT2D eigenvalue weighted by molar-refractivity contribution is 7.07. The molecule has 0 aromatic carbocycles. The Morgan fingerprint density at radius 1 is 1.50 bits per heavy atom. The molecule has 5 heteroatoms. The smallest absolute Gasteiger partial charge is 0.310 e. The molecular formula is C13H19NO3S. The quantitative estimate of drug-likeness (QED) is 0.834. The molecule has 1 aromatic heterocycles. The molecule has 1 unspecified atom stereocenters. The number of carbonyl (C=O) groups excluding carboxylic acids is 1. The molecule has 0 spiro atoms. The fourth-order valence-corrected chi connectivity index (χ4v) is 2.19. The van der Waals surface area contributed by atoms with Crippen LogP contribution in [0, 0.1) is 11.3 Å². The van der Waals surface area contributed by atoms with Gasteiger partial charge >= 0.3 is 5.97 Å². The molecule has 4 nitrogen and oxygen atoms in total. The van der Waals surface area contributed by atoms with Gasteiger partial charge in [-0.2, -0.15) is 11.3 Å². The minimum Gasteiger partial charge on any atom is -0.481 e. The summed E-state index contributed by atoms with van der Waals surface area (Å²) < 4.78 is 0. The average molecular weight is 269 g/mol. The summed E-state index contributed by atoms with van der Waals surface area (Å²) in [6.07, 6.45) is 0.00410. The summed E-state index contributed by atoms with van der Waals surface area (Å²) in [5.41, 5.74) is 0.0218.